The quantitative estimate of drug-likeness (QED) is 0.134. The average molecular weight is 582 g/mol. The normalized spacial score (nSPS) is 13.6. The van der Waals surface area contributed by atoms with Gasteiger partial charge < -0.3 is 5.32 Å². The van der Waals surface area contributed by atoms with Crippen LogP contribution in [0.4, 0.5) is 17.6 Å². The van der Waals surface area contributed by atoms with E-state index in [-0.39, 0.29) is 12.0 Å². The number of amidine groups is 1. The van der Waals surface area contributed by atoms with Gasteiger partial charge in [0.05, 0.1) is 22.1 Å². The monoisotopic (exact) mass is 581 g/mol. The largest absolute Gasteiger partial charge is 0.416 e. The summed E-state index contributed by atoms with van der Waals surface area (Å²) in [6.07, 6.45) is -1.37. The van der Waals surface area contributed by atoms with Crippen LogP contribution in [0.1, 0.15) is 55.6 Å². The minimum atomic E-state index is -4.76. The van der Waals surface area contributed by atoms with Crippen LogP contribution >= 0.6 is 11.6 Å². The van der Waals surface area contributed by atoms with Gasteiger partial charge >= 0.3 is 6.18 Å². The molecule has 4 aromatic rings. The van der Waals surface area contributed by atoms with Gasteiger partial charge in [-0.15, -0.1) is 0 Å². The highest BCUT2D eigenvalue weighted by Gasteiger charge is 2.40. The van der Waals surface area contributed by atoms with Crippen LogP contribution in [0.5, 0.6) is 0 Å². The minimum absolute atomic E-state index is 0.0105. The molecule has 0 aliphatic carbocycles. The van der Waals surface area contributed by atoms with Gasteiger partial charge in [-0.25, -0.2) is 4.39 Å². The van der Waals surface area contributed by atoms with Crippen LogP contribution in [0, 0.1) is 5.82 Å². The standard InChI is InChI=1S/C31H26ClF4N3.C2H6/c1-3-28(23-12-8-5-9-13-23)38-21(2)39-30(19-22-10-6-4-7-11-22,29-15-14-26(32)20-37-29)24-16-25(31(34,35)36)18-27(33)17-24;1-2/h3-18,20H,19H2,1-2H3,(H,38,39);1-2H3/b28-3-;. The fourth-order valence-corrected chi connectivity index (χ4v) is 4.56. The van der Waals surface area contributed by atoms with Gasteiger partial charge in [0.15, 0.2) is 0 Å². The molecular formula is C33H32ClF4N3. The number of hydrogen-bond donors (Lipinski definition) is 1. The number of nitrogens with one attached hydrogen (secondary N) is 1. The lowest BCUT2D eigenvalue weighted by atomic mass is 9.80. The van der Waals surface area contributed by atoms with Crippen molar-refractivity contribution in [3.63, 3.8) is 0 Å². The Bertz CT molecular complexity index is 1470. The molecular weight excluding hydrogens is 550 g/mol. The van der Waals surface area contributed by atoms with Gasteiger partial charge in [-0.3, -0.25) is 9.98 Å². The van der Waals surface area contributed by atoms with Crippen molar-refractivity contribution >= 4 is 23.1 Å². The maximum atomic E-state index is 14.8. The number of halogens is 5. The molecule has 1 N–H and O–H groups in total. The first kappa shape index (κ1) is 31.6. The molecule has 1 heterocycles. The Hall–Kier alpha value is -3.97. The first-order valence-corrected chi connectivity index (χ1v) is 13.6. The fraction of sp³-hybridized carbons (Fsp3) is 0.212. The summed E-state index contributed by atoms with van der Waals surface area (Å²) in [6.45, 7) is 7.58. The van der Waals surface area contributed by atoms with Crippen LogP contribution in [0.2, 0.25) is 5.02 Å². The van der Waals surface area contributed by atoms with Crippen LogP contribution in [-0.2, 0) is 18.1 Å². The van der Waals surface area contributed by atoms with E-state index >= 15 is 0 Å². The van der Waals surface area contributed by atoms with Gasteiger partial charge in [-0.2, -0.15) is 13.2 Å². The lowest BCUT2D eigenvalue weighted by molar-refractivity contribution is -0.137. The van der Waals surface area contributed by atoms with Crippen LogP contribution in [0.25, 0.3) is 5.70 Å². The lowest BCUT2D eigenvalue weighted by Crippen LogP contribution is -2.34. The molecule has 1 unspecified atom stereocenters. The van der Waals surface area contributed by atoms with E-state index in [0.717, 1.165) is 29.0 Å². The van der Waals surface area contributed by atoms with E-state index in [0.29, 0.717) is 22.6 Å². The molecule has 3 nitrogen and oxygen atoms in total. The summed E-state index contributed by atoms with van der Waals surface area (Å²) in [5.74, 6) is -0.622. The topological polar surface area (TPSA) is 37.3 Å². The van der Waals surface area contributed by atoms with E-state index in [2.05, 4.69) is 10.3 Å². The van der Waals surface area contributed by atoms with Gasteiger partial charge in [-0.1, -0.05) is 92.2 Å². The molecule has 41 heavy (non-hydrogen) atoms. The first-order chi connectivity index (χ1) is 19.6. The van der Waals surface area contributed by atoms with E-state index in [4.69, 9.17) is 16.6 Å². The zero-order valence-corrected chi connectivity index (χ0v) is 24.1. The van der Waals surface area contributed by atoms with Crippen molar-refractivity contribution in [3.8, 4) is 0 Å². The first-order valence-electron chi connectivity index (χ1n) is 13.2. The zero-order valence-electron chi connectivity index (χ0n) is 23.3. The second kappa shape index (κ2) is 14.1. The third-order valence-corrected chi connectivity index (χ3v) is 6.43. The summed E-state index contributed by atoms with van der Waals surface area (Å²) in [6, 6.07) is 24.4. The van der Waals surface area contributed by atoms with E-state index in [1.54, 1.807) is 19.1 Å². The predicted octanol–water partition coefficient (Wildman–Crippen LogP) is 9.47. The highest BCUT2D eigenvalue weighted by Crippen LogP contribution is 2.40. The number of nitrogens with zero attached hydrogens (tertiary/aromatic N) is 2. The maximum absolute atomic E-state index is 14.8. The molecule has 0 bridgehead atoms. The third-order valence-electron chi connectivity index (χ3n) is 6.20. The molecule has 3 aromatic carbocycles. The average Bonchev–Trinajstić information content (AvgIpc) is 2.97. The van der Waals surface area contributed by atoms with Crippen LogP contribution < -0.4 is 5.32 Å². The number of pyridine rings is 1. The predicted molar refractivity (Wildman–Crippen MR) is 159 cm³/mol. The molecule has 1 atom stereocenters. The second-order valence-electron chi connectivity index (χ2n) is 9.00. The number of aliphatic imine (C=N–C) groups is 1. The molecule has 0 fully saturated rings. The van der Waals surface area contributed by atoms with Crippen molar-refractivity contribution in [1.82, 2.24) is 10.3 Å². The number of hydrogen-bond acceptors (Lipinski definition) is 2. The number of allylic oxidation sites excluding steroid dienone is 1. The summed E-state index contributed by atoms with van der Waals surface area (Å²) in [5.41, 5.74) is 0.123. The van der Waals surface area contributed by atoms with Crippen molar-refractivity contribution in [1.29, 1.82) is 0 Å². The Morgan fingerprint density at radius 1 is 0.902 bits per heavy atom. The van der Waals surface area contributed by atoms with Crippen molar-refractivity contribution in [2.75, 3.05) is 0 Å². The molecule has 0 radical (unpaired) electrons. The molecule has 1 aromatic heterocycles. The molecule has 0 aliphatic rings. The lowest BCUT2D eigenvalue weighted by Gasteiger charge is -2.32. The van der Waals surface area contributed by atoms with Gasteiger partial charge in [0, 0.05) is 18.3 Å². The smallest absolute Gasteiger partial charge is 0.344 e. The second-order valence-corrected chi connectivity index (χ2v) is 9.44. The van der Waals surface area contributed by atoms with Crippen molar-refractivity contribution < 1.29 is 17.6 Å². The van der Waals surface area contributed by atoms with Crippen molar-refractivity contribution in [2.45, 2.75) is 45.8 Å². The molecule has 0 spiro atoms. The summed E-state index contributed by atoms with van der Waals surface area (Å²) in [4.78, 5) is 9.45. The molecule has 0 aliphatic heterocycles. The number of benzene rings is 3. The van der Waals surface area contributed by atoms with E-state index < -0.39 is 23.1 Å². The van der Waals surface area contributed by atoms with Gasteiger partial charge in [0.25, 0.3) is 0 Å². The molecule has 0 saturated carbocycles. The van der Waals surface area contributed by atoms with Crippen molar-refractivity contribution in [3.05, 3.63) is 142 Å². The number of rotatable bonds is 7. The summed E-state index contributed by atoms with van der Waals surface area (Å²) in [5, 5.41) is 3.62. The number of alkyl halides is 3. The molecule has 0 saturated heterocycles. The van der Waals surface area contributed by atoms with Crippen LogP contribution in [-0.4, -0.2) is 10.8 Å². The van der Waals surface area contributed by atoms with Gasteiger partial charge in [-0.05, 0) is 60.9 Å². The molecule has 214 valence electrons. The Labute approximate surface area is 243 Å². The summed E-state index contributed by atoms with van der Waals surface area (Å²) in [7, 11) is 0. The zero-order chi connectivity index (χ0) is 30.0. The maximum Gasteiger partial charge on any atom is 0.416 e. The SMILES string of the molecule is C/C=C(\NC(C)=NC(Cc1ccccc1)(c1cc(F)cc(C(F)(F)F)c1)c1ccc(Cl)cn1)c1ccccc1.CC. The van der Waals surface area contributed by atoms with Gasteiger partial charge in [0.2, 0.25) is 0 Å². The van der Waals surface area contributed by atoms with Crippen LogP contribution in [0.3, 0.4) is 0 Å². The fourth-order valence-electron chi connectivity index (χ4n) is 4.44. The molecule has 4 rings (SSSR count). The van der Waals surface area contributed by atoms with Gasteiger partial charge in [0.1, 0.15) is 11.4 Å². The van der Waals surface area contributed by atoms with Crippen LogP contribution in [0.15, 0.2) is 108 Å². The Morgan fingerprint density at radius 3 is 2.07 bits per heavy atom. The Balaban J connectivity index is 0.00000226. The Kier molecular flexibility index (Phi) is 10.8. The van der Waals surface area contributed by atoms with E-state index in [9.17, 15) is 17.6 Å². The molecule has 8 heteroatoms. The highest BCUT2D eigenvalue weighted by atomic mass is 35.5. The summed E-state index contributed by atoms with van der Waals surface area (Å²) < 4.78 is 56.3. The van der Waals surface area contributed by atoms with E-state index in [1.165, 1.54) is 6.20 Å². The van der Waals surface area contributed by atoms with Crippen molar-refractivity contribution in [2.24, 2.45) is 4.99 Å². The molecule has 0 amide bonds. The third kappa shape index (κ3) is 8.04. The highest BCUT2D eigenvalue weighted by molar-refractivity contribution is 6.30. The minimum Gasteiger partial charge on any atom is -0.344 e. The number of aromatic nitrogens is 1. The Morgan fingerprint density at radius 2 is 1.51 bits per heavy atom. The summed E-state index contributed by atoms with van der Waals surface area (Å²) >= 11 is 6.11. The van der Waals surface area contributed by atoms with E-state index in [1.807, 2.05) is 87.5 Å².